The molecule has 1 fully saturated rings. The smallest absolute Gasteiger partial charge is 0.417 e. The van der Waals surface area contributed by atoms with Crippen molar-refractivity contribution in [3.8, 4) is 22.9 Å². The zero-order valence-electron chi connectivity index (χ0n) is 23.1. The van der Waals surface area contributed by atoms with Crippen LogP contribution in [0.1, 0.15) is 55.4 Å². The van der Waals surface area contributed by atoms with E-state index in [1.54, 1.807) is 33.0 Å². The van der Waals surface area contributed by atoms with Crippen molar-refractivity contribution >= 4 is 5.97 Å². The van der Waals surface area contributed by atoms with Crippen LogP contribution in [0.2, 0.25) is 0 Å². The zero-order chi connectivity index (χ0) is 30.4. The van der Waals surface area contributed by atoms with Crippen molar-refractivity contribution in [2.75, 3.05) is 13.2 Å². The third-order valence-electron chi connectivity index (χ3n) is 7.48. The van der Waals surface area contributed by atoms with Gasteiger partial charge in [0.2, 0.25) is 11.8 Å². The van der Waals surface area contributed by atoms with Gasteiger partial charge in [-0.25, -0.2) is 18.7 Å². The molecule has 0 radical (unpaired) electrons. The van der Waals surface area contributed by atoms with E-state index in [4.69, 9.17) is 14.2 Å². The Morgan fingerprint density at radius 3 is 2.48 bits per heavy atom. The van der Waals surface area contributed by atoms with Gasteiger partial charge < -0.3 is 19.3 Å². The Balaban J connectivity index is 1.34. The highest BCUT2D eigenvalue weighted by Crippen LogP contribution is 2.61. The average molecular weight is 593 g/mol. The molecule has 0 amide bonds. The van der Waals surface area contributed by atoms with Gasteiger partial charge in [-0.05, 0) is 68.0 Å². The number of halogens is 5. The first-order chi connectivity index (χ1) is 19.8. The number of carbonyl (C=O) groups excluding carboxylic acids is 1. The summed E-state index contributed by atoms with van der Waals surface area (Å²) in [5.74, 6) is -2.66. The molecular weight excluding hydrogens is 563 g/mol. The maximum atomic E-state index is 14.8. The van der Waals surface area contributed by atoms with Crippen LogP contribution in [0.15, 0.2) is 36.7 Å². The number of fused-ring (bicyclic) bond motifs is 3. The van der Waals surface area contributed by atoms with Gasteiger partial charge in [-0.15, -0.1) is 0 Å². The van der Waals surface area contributed by atoms with Gasteiger partial charge in [0.15, 0.2) is 5.82 Å². The minimum Gasteiger partial charge on any atom is -0.475 e. The van der Waals surface area contributed by atoms with E-state index >= 15 is 0 Å². The van der Waals surface area contributed by atoms with Crippen LogP contribution in [0.3, 0.4) is 0 Å². The number of ether oxygens (including phenoxy) is 3. The second-order valence-corrected chi connectivity index (χ2v) is 11.1. The lowest BCUT2D eigenvalue weighted by Gasteiger charge is -2.18. The normalized spacial score (nSPS) is 19.2. The molecule has 2 aromatic heterocycles. The van der Waals surface area contributed by atoms with Gasteiger partial charge in [0.05, 0.1) is 30.3 Å². The van der Waals surface area contributed by atoms with Gasteiger partial charge >= 0.3 is 12.1 Å². The molecule has 5 rings (SSSR count). The molecule has 0 unspecified atom stereocenters. The number of aliphatic hydroxyl groups is 1. The highest BCUT2D eigenvalue weighted by Gasteiger charge is 2.60. The van der Waals surface area contributed by atoms with Gasteiger partial charge in [-0.2, -0.15) is 13.2 Å². The third kappa shape index (κ3) is 6.18. The Morgan fingerprint density at radius 2 is 1.81 bits per heavy atom. The minimum atomic E-state index is -4.93. The van der Waals surface area contributed by atoms with Crippen LogP contribution in [0.25, 0.3) is 11.1 Å². The number of aromatic nitrogens is 2. The van der Waals surface area contributed by atoms with E-state index < -0.39 is 47.0 Å². The molecule has 42 heavy (non-hydrogen) atoms. The van der Waals surface area contributed by atoms with E-state index in [0.717, 1.165) is 29.5 Å². The van der Waals surface area contributed by atoms with E-state index in [-0.39, 0.29) is 53.8 Å². The van der Waals surface area contributed by atoms with E-state index in [0.29, 0.717) is 19.1 Å². The maximum absolute atomic E-state index is 14.8. The van der Waals surface area contributed by atoms with Crippen LogP contribution in [-0.2, 0) is 28.7 Å². The van der Waals surface area contributed by atoms with E-state index in [1.165, 1.54) is 0 Å². The zero-order valence-corrected chi connectivity index (χ0v) is 23.1. The summed E-state index contributed by atoms with van der Waals surface area (Å²) in [5.41, 5.74) is -1.41. The first-order valence-corrected chi connectivity index (χ1v) is 13.5. The molecule has 1 saturated carbocycles. The van der Waals surface area contributed by atoms with Gasteiger partial charge in [0.1, 0.15) is 12.4 Å². The van der Waals surface area contributed by atoms with Crippen LogP contribution < -0.4 is 9.47 Å². The molecule has 2 aliphatic rings. The van der Waals surface area contributed by atoms with Crippen LogP contribution in [0, 0.1) is 23.5 Å². The Morgan fingerprint density at radius 1 is 1.05 bits per heavy atom. The van der Waals surface area contributed by atoms with E-state index in [1.807, 2.05) is 0 Å². The summed E-state index contributed by atoms with van der Waals surface area (Å²) < 4.78 is 87.1. The molecule has 12 heteroatoms. The summed E-state index contributed by atoms with van der Waals surface area (Å²) >= 11 is 0. The van der Waals surface area contributed by atoms with Crippen molar-refractivity contribution in [2.24, 2.45) is 11.8 Å². The molecule has 3 atom stereocenters. The Labute approximate surface area is 238 Å². The number of carbonyl (C=O) groups is 1. The lowest BCUT2D eigenvalue weighted by atomic mass is 9.97. The quantitative estimate of drug-likeness (QED) is 0.228. The Kier molecular flexibility index (Phi) is 7.86. The number of rotatable bonds is 10. The Bertz CT molecular complexity index is 1500. The summed E-state index contributed by atoms with van der Waals surface area (Å²) in [5, 5.41) is 9.77. The summed E-state index contributed by atoms with van der Waals surface area (Å²) in [4.78, 5) is 20.1. The largest absolute Gasteiger partial charge is 0.475 e. The number of benzene rings is 1. The average Bonchev–Trinajstić information content (AvgIpc) is 3.49. The van der Waals surface area contributed by atoms with Crippen LogP contribution in [-0.4, -0.2) is 39.9 Å². The lowest BCUT2D eigenvalue weighted by molar-refractivity contribution is -0.145. The first kappa shape index (κ1) is 29.7. The van der Waals surface area contributed by atoms with Crippen molar-refractivity contribution in [3.05, 3.63) is 70.5 Å². The molecule has 0 spiro atoms. The van der Waals surface area contributed by atoms with Crippen molar-refractivity contribution in [2.45, 2.75) is 57.9 Å². The Hall–Kier alpha value is -3.80. The maximum Gasteiger partial charge on any atom is 0.417 e. The predicted octanol–water partition coefficient (Wildman–Crippen LogP) is 6.01. The first-order valence-electron chi connectivity index (χ1n) is 13.5. The summed E-state index contributed by atoms with van der Waals surface area (Å²) in [7, 11) is 0. The highest BCUT2D eigenvalue weighted by molar-refractivity contribution is 5.79. The fourth-order valence-corrected chi connectivity index (χ4v) is 5.34. The number of alkyl halides is 3. The lowest BCUT2D eigenvalue weighted by Crippen LogP contribution is -2.22. The van der Waals surface area contributed by atoms with Crippen LogP contribution >= 0.6 is 0 Å². The second-order valence-electron chi connectivity index (χ2n) is 11.1. The SMILES string of the molecule is CCOC(=O)[C@H]1[C@@H]2Cc3cc(OCc4cc(-c5cnc(OCCC(C)(C)O)c(F)c5)c(C(F)(F)F)cc4F)ncc3[C@@H]21. The third-order valence-corrected chi connectivity index (χ3v) is 7.48. The van der Waals surface area contributed by atoms with Gasteiger partial charge in [-0.3, -0.25) is 4.79 Å². The molecule has 2 aliphatic carbocycles. The number of pyridine rings is 2. The molecule has 7 nitrogen and oxygen atoms in total. The monoisotopic (exact) mass is 592 g/mol. The fraction of sp³-hybridized carbons (Fsp3) is 0.433. The van der Waals surface area contributed by atoms with Crippen LogP contribution in [0.4, 0.5) is 22.0 Å². The highest BCUT2D eigenvalue weighted by atomic mass is 19.4. The molecule has 3 aromatic rings. The molecule has 1 aromatic carbocycles. The number of esters is 1. The second kappa shape index (κ2) is 11.1. The molecule has 0 aliphatic heterocycles. The molecule has 224 valence electrons. The van der Waals surface area contributed by atoms with Crippen molar-refractivity contribution < 1.29 is 46.1 Å². The summed E-state index contributed by atoms with van der Waals surface area (Å²) in [6.07, 6.45) is -1.52. The molecule has 1 N–H and O–H groups in total. The van der Waals surface area contributed by atoms with Gasteiger partial charge in [-0.1, -0.05) is 0 Å². The van der Waals surface area contributed by atoms with E-state index in [9.17, 15) is 31.9 Å². The number of hydrogen-bond donors (Lipinski definition) is 1. The van der Waals surface area contributed by atoms with Crippen LogP contribution in [0.5, 0.6) is 11.8 Å². The summed E-state index contributed by atoms with van der Waals surface area (Å²) in [6, 6.07) is 3.81. The van der Waals surface area contributed by atoms with Crippen molar-refractivity contribution in [3.63, 3.8) is 0 Å². The van der Waals surface area contributed by atoms with Crippen molar-refractivity contribution in [1.82, 2.24) is 9.97 Å². The van der Waals surface area contributed by atoms with Gasteiger partial charge in [0.25, 0.3) is 0 Å². The molecule has 0 bridgehead atoms. The standard InChI is InChI=1S/C30H29F5N2O5/c1-4-40-28(38)26-19-7-15-10-24(36-13-20(15)25(19)26)42-14-17-8-18(21(11-22(17)31)30(33,34)35)16-9-23(32)27(37-12-16)41-6-5-29(2,3)39/h8-13,19,25-26,39H,4-7,14H2,1-3H3/t19-,25-,26+/m1/s1. The molecular formula is C30H29F5N2O5. The molecule has 2 heterocycles. The topological polar surface area (TPSA) is 90.8 Å². The summed E-state index contributed by atoms with van der Waals surface area (Å²) in [6.45, 7) is 4.65. The van der Waals surface area contributed by atoms with Gasteiger partial charge in [0, 0.05) is 41.9 Å². The molecule has 0 saturated heterocycles. The predicted molar refractivity (Wildman–Crippen MR) is 140 cm³/mol. The number of nitrogens with zero attached hydrogens (tertiary/aromatic N) is 2. The number of hydrogen-bond acceptors (Lipinski definition) is 7. The fourth-order valence-electron chi connectivity index (χ4n) is 5.34. The minimum absolute atomic E-state index is 0.0443. The van der Waals surface area contributed by atoms with Crippen molar-refractivity contribution in [1.29, 1.82) is 0 Å². The van der Waals surface area contributed by atoms with E-state index in [2.05, 4.69) is 9.97 Å².